The van der Waals surface area contributed by atoms with Crippen molar-refractivity contribution in [3.05, 3.63) is 59.7 Å². The predicted octanol–water partition coefficient (Wildman–Crippen LogP) is 3.22. The Morgan fingerprint density at radius 3 is 2.30 bits per heavy atom. The first-order valence-corrected chi connectivity index (χ1v) is 8.55. The lowest BCUT2D eigenvalue weighted by Crippen LogP contribution is -2.17. The van der Waals surface area contributed by atoms with Crippen LogP contribution in [0.5, 0.6) is 0 Å². The van der Waals surface area contributed by atoms with E-state index in [1.54, 1.807) is 24.3 Å². The normalized spacial score (nSPS) is 11.7. The minimum absolute atomic E-state index is 0.316. The third-order valence-corrected chi connectivity index (χ3v) is 4.80. The Labute approximate surface area is 134 Å². The fourth-order valence-electron chi connectivity index (χ4n) is 2.00. The second-order valence-corrected chi connectivity index (χ2v) is 6.86. The van der Waals surface area contributed by atoms with Crippen LogP contribution in [0.3, 0.4) is 0 Å². The third kappa shape index (κ3) is 4.49. The van der Waals surface area contributed by atoms with Gasteiger partial charge in [-0.05, 0) is 43.4 Å². The standard InChI is InChI=1S/C16H18F2N2O2S/c1-3-20(2)11-12-4-7-14(8-5-12)19-23(21,22)16-9-6-13(17)10-15(16)18/h4-10,19H,3,11H2,1-2H3. The van der Waals surface area contributed by atoms with Gasteiger partial charge in [0.1, 0.15) is 16.5 Å². The number of sulfonamides is 1. The summed E-state index contributed by atoms with van der Waals surface area (Å²) in [5.74, 6) is -1.95. The summed E-state index contributed by atoms with van der Waals surface area (Å²) < 4.78 is 53.1. The molecule has 0 saturated heterocycles. The minimum atomic E-state index is -4.10. The van der Waals surface area contributed by atoms with Crippen LogP contribution >= 0.6 is 0 Å². The summed E-state index contributed by atoms with van der Waals surface area (Å²) in [6.07, 6.45) is 0. The Morgan fingerprint density at radius 1 is 1.09 bits per heavy atom. The van der Waals surface area contributed by atoms with Gasteiger partial charge in [0.15, 0.2) is 0 Å². The van der Waals surface area contributed by atoms with Crippen molar-refractivity contribution in [3.63, 3.8) is 0 Å². The van der Waals surface area contributed by atoms with Crippen molar-refractivity contribution in [1.82, 2.24) is 4.90 Å². The van der Waals surface area contributed by atoms with Crippen molar-refractivity contribution >= 4 is 15.7 Å². The van der Waals surface area contributed by atoms with Crippen LogP contribution in [0.15, 0.2) is 47.4 Å². The molecule has 0 aliphatic carbocycles. The highest BCUT2D eigenvalue weighted by molar-refractivity contribution is 7.92. The molecule has 0 aromatic heterocycles. The average Bonchev–Trinajstić information content (AvgIpc) is 2.48. The second-order valence-electron chi connectivity index (χ2n) is 5.21. The highest BCUT2D eigenvalue weighted by atomic mass is 32.2. The van der Waals surface area contributed by atoms with E-state index in [2.05, 4.69) is 9.62 Å². The largest absolute Gasteiger partial charge is 0.302 e. The first-order chi connectivity index (χ1) is 10.8. The van der Waals surface area contributed by atoms with Gasteiger partial charge < -0.3 is 4.90 Å². The van der Waals surface area contributed by atoms with Gasteiger partial charge in [0.25, 0.3) is 10.0 Å². The SMILES string of the molecule is CCN(C)Cc1ccc(NS(=O)(=O)c2ccc(F)cc2F)cc1. The maximum absolute atomic E-state index is 13.6. The highest BCUT2D eigenvalue weighted by Gasteiger charge is 2.19. The van der Waals surface area contributed by atoms with Gasteiger partial charge in [-0.15, -0.1) is 0 Å². The van der Waals surface area contributed by atoms with E-state index in [0.717, 1.165) is 30.8 Å². The fourth-order valence-corrected chi connectivity index (χ4v) is 3.12. The molecular weight excluding hydrogens is 322 g/mol. The van der Waals surface area contributed by atoms with Crippen molar-refractivity contribution in [2.45, 2.75) is 18.4 Å². The molecule has 0 fully saturated rings. The number of rotatable bonds is 6. The molecule has 0 saturated carbocycles. The molecule has 0 aliphatic rings. The zero-order valence-electron chi connectivity index (χ0n) is 12.9. The molecule has 0 unspecified atom stereocenters. The van der Waals surface area contributed by atoms with E-state index in [1.165, 1.54) is 0 Å². The van der Waals surface area contributed by atoms with E-state index in [0.29, 0.717) is 11.8 Å². The van der Waals surface area contributed by atoms with Crippen molar-refractivity contribution in [1.29, 1.82) is 0 Å². The van der Waals surface area contributed by atoms with Gasteiger partial charge in [-0.1, -0.05) is 19.1 Å². The molecular formula is C16H18F2N2O2S. The van der Waals surface area contributed by atoms with Crippen LogP contribution in [0.25, 0.3) is 0 Å². The number of benzene rings is 2. The van der Waals surface area contributed by atoms with Gasteiger partial charge >= 0.3 is 0 Å². The Morgan fingerprint density at radius 2 is 1.74 bits per heavy atom. The van der Waals surface area contributed by atoms with Gasteiger partial charge in [0.2, 0.25) is 0 Å². The van der Waals surface area contributed by atoms with E-state index in [4.69, 9.17) is 0 Å². The molecule has 2 rings (SSSR count). The predicted molar refractivity (Wildman–Crippen MR) is 85.6 cm³/mol. The van der Waals surface area contributed by atoms with Crippen LogP contribution in [-0.4, -0.2) is 26.9 Å². The number of nitrogens with zero attached hydrogens (tertiary/aromatic N) is 1. The maximum atomic E-state index is 13.6. The van der Waals surface area contributed by atoms with Crippen LogP contribution in [0.2, 0.25) is 0 Å². The zero-order valence-corrected chi connectivity index (χ0v) is 13.7. The van der Waals surface area contributed by atoms with E-state index in [9.17, 15) is 17.2 Å². The van der Waals surface area contributed by atoms with Gasteiger partial charge in [-0.3, -0.25) is 4.72 Å². The summed E-state index contributed by atoms with van der Waals surface area (Å²) in [5.41, 5.74) is 1.35. The minimum Gasteiger partial charge on any atom is -0.302 e. The van der Waals surface area contributed by atoms with Crippen molar-refractivity contribution < 1.29 is 17.2 Å². The van der Waals surface area contributed by atoms with E-state index in [-0.39, 0.29) is 0 Å². The molecule has 1 N–H and O–H groups in total. The summed E-state index contributed by atoms with van der Waals surface area (Å²) in [4.78, 5) is 1.52. The zero-order chi connectivity index (χ0) is 17.0. The van der Waals surface area contributed by atoms with Crippen LogP contribution in [0.4, 0.5) is 14.5 Å². The quantitative estimate of drug-likeness (QED) is 0.878. The Balaban J connectivity index is 2.17. The molecule has 0 spiro atoms. The molecule has 0 aliphatic heterocycles. The first kappa shape index (κ1) is 17.4. The molecule has 23 heavy (non-hydrogen) atoms. The fraction of sp³-hybridized carbons (Fsp3) is 0.250. The van der Waals surface area contributed by atoms with Gasteiger partial charge in [-0.2, -0.15) is 0 Å². The molecule has 124 valence electrons. The third-order valence-electron chi connectivity index (χ3n) is 3.38. The van der Waals surface area contributed by atoms with Crippen molar-refractivity contribution in [2.24, 2.45) is 0 Å². The van der Waals surface area contributed by atoms with E-state index < -0.39 is 26.6 Å². The molecule has 0 amide bonds. The Hall–Kier alpha value is -1.99. The highest BCUT2D eigenvalue weighted by Crippen LogP contribution is 2.20. The van der Waals surface area contributed by atoms with Crippen LogP contribution in [-0.2, 0) is 16.6 Å². The van der Waals surface area contributed by atoms with Crippen LogP contribution < -0.4 is 4.72 Å². The maximum Gasteiger partial charge on any atom is 0.264 e. The number of nitrogens with one attached hydrogen (secondary N) is 1. The van der Waals surface area contributed by atoms with Crippen LogP contribution in [0, 0.1) is 11.6 Å². The lowest BCUT2D eigenvalue weighted by molar-refractivity contribution is 0.346. The molecule has 0 radical (unpaired) electrons. The molecule has 0 heterocycles. The van der Waals surface area contributed by atoms with Gasteiger partial charge in [0, 0.05) is 18.3 Å². The number of hydrogen-bond acceptors (Lipinski definition) is 3. The second kappa shape index (κ2) is 7.06. The number of halogens is 2. The Bertz CT molecular complexity index is 777. The lowest BCUT2D eigenvalue weighted by Gasteiger charge is -2.14. The molecule has 7 heteroatoms. The molecule has 0 atom stereocenters. The van der Waals surface area contributed by atoms with Crippen molar-refractivity contribution in [3.8, 4) is 0 Å². The first-order valence-electron chi connectivity index (χ1n) is 7.07. The summed E-state index contributed by atoms with van der Waals surface area (Å²) in [6, 6.07) is 9.16. The van der Waals surface area contributed by atoms with Gasteiger partial charge in [0.05, 0.1) is 0 Å². The number of hydrogen-bond donors (Lipinski definition) is 1. The van der Waals surface area contributed by atoms with Gasteiger partial charge in [-0.25, -0.2) is 17.2 Å². The van der Waals surface area contributed by atoms with Crippen LogP contribution in [0.1, 0.15) is 12.5 Å². The monoisotopic (exact) mass is 340 g/mol. The molecule has 4 nitrogen and oxygen atoms in total. The average molecular weight is 340 g/mol. The summed E-state index contributed by atoms with van der Waals surface area (Å²) in [7, 11) is -2.12. The summed E-state index contributed by atoms with van der Waals surface area (Å²) in [6.45, 7) is 3.69. The molecule has 2 aromatic carbocycles. The lowest BCUT2D eigenvalue weighted by atomic mass is 10.2. The topological polar surface area (TPSA) is 49.4 Å². The van der Waals surface area contributed by atoms with E-state index in [1.807, 2.05) is 14.0 Å². The molecule has 2 aromatic rings. The summed E-state index contributed by atoms with van der Waals surface area (Å²) >= 11 is 0. The molecule has 0 bridgehead atoms. The van der Waals surface area contributed by atoms with Crippen molar-refractivity contribution in [2.75, 3.05) is 18.3 Å². The van der Waals surface area contributed by atoms with E-state index >= 15 is 0 Å². The number of anilines is 1. The summed E-state index contributed by atoms with van der Waals surface area (Å²) in [5, 5.41) is 0. The smallest absolute Gasteiger partial charge is 0.264 e. The Kier molecular flexibility index (Phi) is 5.33.